The normalized spacial score (nSPS) is 12.7. The van der Waals surface area contributed by atoms with Crippen LogP contribution >= 0.6 is 23.2 Å². The number of likely N-dealkylation sites (N-methyl/N-ethyl adjacent to an activating group) is 2. The van der Waals surface area contributed by atoms with Crippen molar-refractivity contribution in [3.8, 4) is 0 Å². The van der Waals surface area contributed by atoms with Crippen molar-refractivity contribution in [3.63, 3.8) is 0 Å². The van der Waals surface area contributed by atoms with Crippen LogP contribution in [0.15, 0.2) is 18.2 Å². The third-order valence-electron chi connectivity index (χ3n) is 3.61. The van der Waals surface area contributed by atoms with E-state index in [9.17, 15) is 18.0 Å². The van der Waals surface area contributed by atoms with Crippen molar-refractivity contribution in [2.45, 2.75) is 19.9 Å². The fraction of sp³-hybridized carbons (Fsp3) is 0.500. The molecule has 0 aliphatic rings. The Hall–Kier alpha value is -1.35. The number of nitrogens with zero attached hydrogens (tertiary/aromatic N) is 2. The van der Waals surface area contributed by atoms with Gasteiger partial charge in [-0.05, 0) is 37.6 Å². The number of hydrogen-bond acceptors (Lipinski definition) is 5. The topological polar surface area (TPSA) is 84.0 Å². The summed E-state index contributed by atoms with van der Waals surface area (Å²) in [5.74, 6) is -1.20. The van der Waals surface area contributed by atoms with E-state index in [1.165, 1.54) is 30.1 Å². The quantitative estimate of drug-likeness (QED) is 0.597. The Morgan fingerprint density at radius 3 is 2.12 bits per heavy atom. The van der Waals surface area contributed by atoms with Gasteiger partial charge in [-0.1, -0.05) is 23.2 Å². The van der Waals surface area contributed by atoms with Crippen molar-refractivity contribution in [2.24, 2.45) is 0 Å². The zero-order chi connectivity index (χ0) is 20.1. The molecular formula is C16H22Cl2N2O5S. The summed E-state index contributed by atoms with van der Waals surface area (Å²) in [7, 11) is -2.26. The van der Waals surface area contributed by atoms with E-state index in [4.69, 9.17) is 27.9 Å². The predicted molar refractivity (Wildman–Crippen MR) is 101 cm³/mol. The van der Waals surface area contributed by atoms with E-state index in [2.05, 4.69) is 0 Å². The molecule has 146 valence electrons. The van der Waals surface area contributed by atoms with Crippen LogP contribution in [0.3, 0.4) is 0 Å². The molecule has 1 aromatic carbocycles. The van der Waals surface area contributed by atoms with Crippen LogP contribution in [0.25, 0.3) is 0 Å². The molecule has 0 aromatic heterocycles. The number of amides is 1. The molecule has 0 unspecified atom stereocenters. The molecule has 0 bridgehead atoms. The first-order valence-electron chi connectivity index (χ1n) is 7.84. The molecule has 0 saturated carbocycles. The van der Waals surface area contributed by atoms with Crippen LogP contribution in [0.5, 0.6) is 0 Å². The van der Waals surface area contributed by atoms with Crippen molar-refractivity contribution in [3.05, 3.63) is 33.8 Å². The van der Waals surface area contributed by atoms with E-state index in [1.54, 1.807) is 13.8 Å². The Kier molecular flexibility index (Phi) is 8.33. The summed E-state index contributed by atoms with van der Waals surface area (Å²) in [5.41, 5.74) is 0.387. The monoisotopic (exact) mass is 424 g/mol. The number of esters is 1. The molecule has 0 spiro atoms. The van der Waals surface area contributed by atoms with Gasteiger partial charge in [0.15, 0.2) is 6.04 Å². The maximum absolute atomic E-state index is 12.7. The van der Waals surface area contributed by atoms with Crippen LogP contribution in [0.1, 0.15) is 25.5 Å². The van der Waals surface area contributed by atoms with Crippen molar-refractivity contribution in [2.75, 3.05) is 33.0 Å². The lowest BCUT2D eigenvalue weighted by atomic mass is 10.0. The molecule has 1 rings (SSSR count). The summed E-state index contributed by atoms with van der Waals surface area (Å²) in [5, 5.41) is 0.608. The second-order valence-corrected chi connectivity index (χ2v) is 8.52. The zero-order valence-electron chi connectivity index (χ0n) is 15.0. The van der Waals surface area contributed by atoms with E-state index in [0.717, 1.165) is 10.6 Å². The molecule has 0 aliphatic carbocycles. The second-order valence-electron chi connectivity index (χ2n) is 5.56. The maximum atomic E-state index is 12.7. The van der Waals surface area contributed by atoms with Gasteiger partial charge in [-0.3, -0.25) is 4.79 Å². The molecule has 1 amide bonds. The molecule has 1 aromatic rings. The fourth-order valence-electron chi connectivity index (χ4n) is 2.30. The lowest BCUT2D eigenvalue weighted by Crippen LogP contribution is -2.45. The minimum atomic E-state index is -3.55. The minimum Gasteiger partial charge on any atom is -0.464 e. The van der Waals surface area contributed by atoms with Gasteiger partial charge in [0.25, 0.3) is 0 Å². The highest BCUT2D eigenvalue weighted by molar-refractivity contribution is 7.88. The number of sulfonamides is 1. The summed E-state index contributed by atoms with van der Waals surface area (Å²) in [6.07, 6.45) is 0.996. The van der Waals surface area contributed by atoms with Gasteiger partial charge in [-0.15, -0.1) is 0 Å². The van der Waals surface area contributed by atoms with Gasteiger partial charge in [-0.25, -0.2) is 13.2 Å². The highest BCUT2D eigenvalue weighted by atomic mass is 35.5. The number of carbonyl (C=O) groups excluding carboxylic acids is 2. The first kappa shape index (κ1) is 22.7. The number of rotatable bonds is 8. The van der Waals surface area contributed by atoms with Crippen LogP contribution in [0, 0.1) is 0 Å². The van der Waals surface area contributed by atoms with Crippen LogP contribution in [-0.4, -0.2) is 62.5 Å². The summed E-state index contributed by atoms with van der Waals surface area (Å²) in [6.45, 7) is 3.20. The third-order valence-corrected chi connectivity index (χ3v) is 5.31. The average Bonchev–Trinajstić information content (AvgIpc) is 2.50. The first-order valence-corrected chi connectivity index (χ1v) is 10.4. The maximum Gasteiger partial charge on any atom is 0.333 e. The minimum absolute atomic E-state index is 0.124. The average molecular weight is 425 g/mol. The molecular weight excluding hydrogens is 403 g/mol. The molecule has 1 atom stereocenters. The summed E-state index contributed by atoms with van der Waals surface area (Å²) in [4.78, 5) is 26.4. The molecule has 0 radical (unpaired) electrons. The van der Waals surface area contributed by atoms with Gasteiger partial charge in [0.05, 0.1) is 19.4 Å². The predicted octanol–water partition coefficient (Wildman–Crippen LogP) is 2.34. The van der Waals surface area contributed by atoms with E-state index in [0.29, 0.717) is 15.6 Å². The molecule has 0 aliphatic heterocycles. The highest BCUT2D eigenvalue weighted by Gasteiger charge is 2.33. The van der Waals surface area contributed by atoms with Gasteiger partial charge in [-0.2, -0.15) is 4.31 Å². The number of hydrogen-bond donors (Lipinski definition) is 0. The third kappa shape index (κ3) is 6.12. The van der Waals surface area contributed by atoms with Crippen LogP contribution in [0.4, 0.5) is 0 Å². The largest absolute Gasteiger partial charge is 0.464 e. The highest BCUT2D eigenvalue weighted by Crippen LogP contribution is 2.28. The number of halogens is 2. The fourth-order valence-corrected chi connectivity index (χ4v) is 3.19. The second kappa shape index (κ2) is 9.55. The van der Waals surface area contributed by atoms with Crippen molar-refractivity contribution < 1.29 is 22.7 Å². The Labute approximate surface area is 163 Å². The summed E-state index contributed by atoms with van der Waals surface area (Å²) >= 11 is 12.0. The van der Waals surface area contributed by atoms with E-state index >= 15 is 0 Å². The van der Waals surface area contributed by atoms with Crippen LogP contribution in [0.2, 0.25) is 10.0 Å². The van der Waals surface area contributed by atoms with E-state index in [-0.39, 0.29) is 13.2 Å². The molecule has 0 N–H and O–H groups in total. The summed E-state index contributed by atoms with van der Waals surface area (Å²) in [6, 6.07) is 3.46. The van der Waals surface area contributed by atoms with Gasteiger partial charge < -0.3 is 9.64 Å². The lowest BCUT2D eigenvalue weighted by Gasteiger charge is -2.31. The number of benzene rings is 1. The number of carbonyl (C=O) groups is 2. The van der Waals surface area contributed by atoms with Crippen molar-refractivity contribution in [1.29, 1.82) is 0 Å². The Bertz CT molecular complexity index is 750. The van der Waals surface area contributed by atoms with E-state index in [1.807, 2.05) is 0 Å². The molecule has 7 nitrogen and oxygen atoms in total. The smallest absolute Gasteiger partial charge is 0.333 e. The molecule has 0 heterocycles. The van der Waals surface area contributed by atoms with Crippen molar-refractivity contribution in [1.82, 2.24) is 9.21 Å². The van der Waals surface area contributed by atoms with Crippen LogP contribution < -0.4 is 0 Å². The Morgan fingerprint density at radius 1 is 1.15 bits per heavy atom. The zero-order valence-corrected chi connectivity index (χ0v) is 17.4. The van der Waals surface area contributed by atoms with Gasteiger partial charge >= 0.3 is 5.97 Å². The Balaban J connectivity index is 3.29. The standard InChI is InChI=1S/C16H22Cl2N2O5S/c1-5-20(14(21)10-19(3)26(4,23)24)15(16(22)25-6-2)11-7-12(17)9-13(18)8-11/h7-9,15H,5-6,10H2,1-4H3/t15-/m0/s1. The van der Waals surface area contributed by atoms with E-state index < -0.39 is 34.5 Å². The SMILES string of the molecule is CCOC(=O)[C@H](c1cc(Cl)cc(Cl)c1)N(CC)C(=O)CN(C)S(C)(=O)=O. The van der Waals surface area contributed by atoms with Gasteiger partial charge in [0.1, 0.15) is 0 Å². The van der Waals surface area contributed by atoms with Crippen molar-refractivity contribution >= 4 is 45.1 Å². The van der Waals surface area contributed by atoms with Crippen LogP contribution in [-0.2, 0) is 24.3 Å². The molecule has 0 saturated heterocycles. The lowest BCUT2D eigenvalue weighted by molar-refractivity contribution is -0.155. The Morgan fingerprint density at radius 2 is 1.69 bits per heavy atom. The molecule has 0 fully saturated rings. The molecule has 10 heteroatoms. The molecule has 26 heavy (non-hydrogen) atoms. The summed E-state index contributed by atoms with van der Waals surface area (Å²) < 4.78 is 29.1. The number of ether oxygens (including phenoxy) is 1. The van der Waals surface area contributed by atoms with Gasteiger partial charge in [0, 0.05) is 23.6 Å². The first-order chi connectivity index (χ1) is 12.0. The van der Waals surface area contributed by atoms with Gasteiger partial charge in [0.2, 0.25) is 15.9 Å².